The number of ether oxygens (including phenoxy) is 1. The summed E-state index contributed by atoms with van der Waals surface area (Å²) in [5, 5.41) is 2.69. The van der Waals surface area contributed by atoms with E-state index in [2.05, 4.69) is 5.32 Å². The highest BCUT2D eigenvalue weighted by Gasteiger charge is 2.19. The monoisotopic (exact) mass is 408 g/mol. The minimum Gasteiger partial charge on any atom is -0.467 e. The number of furan rings is 1. The number of nitrogens with one attached hydrogen (secondary N) is 1. The number of aromatic nitrogens is 1. The normalized spacial score (nSPS) is 10.6. The van der Waals surface area contributed by atoms with E-state index in [1.807, 2.05) is 30.5 Å². The second kappa shape index (κ2) is 9.26. The summed E-state index contributed by atoms with van der Waals surface area (Å²) in [5.74, 6) is -0.164. The predicted octanol–water partition coefficient (Wildman–Crippen LogP) is 3.42. The van der Waals surface area contributed by atoms with Crippen LogP contribution in [0.15, 0.2) is 53.1 Å². The molecule has 1 aromatic carbocycles. The molecule has 7 nitrogen and oxygen atoms in total. The van der Waals surface area contributed by atoms with Gasteiger partial charge in [0.25, 0.3) is 0 Å². The van der Waals surface area contributed by atoms with Crippen LogP contribution in [0, 0.1) is 13.8 Å². The van der Waals surface area contributed by atoms with E-state index in [1.165, 1.54) is 6.92 Å². The highest BCUT2D eigenvalue weighted by Crippen LogP contribution is 2.18. The molecule has 30 heavy (non-hydrogen) atoms. The first-order valence-corrected chi connectivity index (χ1v) is 9.58. The third-order valence-corrected chi connectivity index (χ3v) is 4.84. The number of nitrogens with zero attached hydrogens (tertiary/aromatic N) is 1. The van der Waals surface area contributed by atoms with Crippen molar-refractivity contribution in [2.75, 3.05) is 6.61 Å². The first-order valence-electron chi connectivity index (χ1n) is 9.58. The number of esters is 1. The molecule has 0 atom stereocenters. The highest BCUT2D eigenvalue weighted by atomic mass is 16.5. The Labute approximate surface area is 174 Å². The van der Waals surface area contributed by atoms with E-state index in [9.17, 15) is 14.4 Å². The minimum absolute atomic E-state index is 0.120. The number of hydrogen-bond acceptors (Lipinski definition) is 5. The van der Waals surface area contributed by atoms with Gasteiger partial charge in [-0.05, 0) is 37.6 Å². The van der Waals surface area contributed by atoms with Crippen LogP contribution < -0.4 is 5.32 Å². The van der Waals surface area contributed by atoms with Crippen molar-refractivity contribution in [1.29, 1.82) is 0 Å². The number of carbonyl (C=O) groups is 3. The molecule has 0 bridgehead atoms. The second-order valence-electron chi connectivity index (χ2n) is 7.06. The van der Waals surface area contributed by atoms with Gasteiger partial charge >= 0.3 is 5.97 Å². The van der Waals surface area contributed by atoms with Gasteiger partial charge in [0, 0.05) is 30.4 Å². The minimum atomic E-state index is -0.538. The van der Waals surface area contributed by atoms with Gasteiger partial charge in [0.05, 0.1) is 18.4 Å². The molecular weight excluding hydrogens is 384 g/mol. The lowest BCUT2D eigenvalue weighted by Gasteiger charge is -2.08. The summed E-state index contributed by atoms with van der Waals surface area (Å²) in [6.45, 7) is 5.75. The molecule has 3 rings (SSSR count). The first kappa shape index (κ1) is 21.1. The van der Waals surface area contributed by atoms with Crippen molar-refractivity contribution in [1.82, 2.24) is 9.88 Å². The lowest BCUT2D eigenvalue weighted by atomic mass is 10.1. The number of benzene rings is 1. The van der Waals surface area contributed by atoms with E-state index in [0.29, 0.717) is 24.2 Å². The van der Waals surface area contributed by atoms with Crippen molar-refractivity contribution in [3.8, 4) is 0 Å². The Bertz CT molecular complexity index is 1050. The zero-order valence-corrected chi connectivity index (χ0v) is 17.2. The molecule has 0 aliphatic heterocycles. The van der Waals surface area contributed by atoms with E-state index in [1.54, 1.807) is 36.6 Å². The molecular formula is C23H24N2O5. The van der Waals surface area contributed by atoms with Gasteiger partial charge in [0.2, 0.25) is 5.91 Å². The van der Waals surface area contributed by atoms with Crippen molar-refractivity contribution in [2.24, 2.45) is 0 Å². The Kier molecular flexibility index (Phi) is 6.51. The number of hydrogen-bond donors (Lipinski definition) is 1. The van der Waals surface area contributed by atoms with Gasteiger partial charge in [-0.15, -0.1) is 0 Å². The number of Topliss-reactive ketones (excluding diaryl/α,β-unsaturated/α-hetero) is 1. The molecule has 0 saturated carbocycles. The molecule has 0 aliphatic rings. The number of ketones is 1. The smallest absolute Gasteiger partial charge is 0.340 e. The second-order valence-corrected chi connectivity index (χ2v) is 7.06. The quantitative estimate of drug-likeness (QED) is 0.456. The van der Waals surface area contributed by atoms with Gasteiger partial charge < -0.3 is 19.0 Å². The molecule has 0 spiro atoms. The SMILES string of the molecule is CC(=O)NCc1ccc(C(=O)COC(=O)c2cc(C)n(Cc3ccco3)c2C)cc1. The van der Waals surface area contributed by atoms with E-state index < -0.39 is 5.97 Å². The largest absolute Gasteiger partial charge is 0.467 e. The van der Waals surface area contributed by atoms with E-state index in [-0.39, 0.29) is 18.3 Å². The third kappa shape index (κ3) is 5.05. The van der Waals surface area contributed by atoms with E-state index in [0.717, 1.165) is 22.7 Å². The van der Waals surface area contributed by atoms with Gasteiger partial charge in [-0.2, -0.15) is 0 Å². The standard InChI is InChI=1S/C23H24N2O5/c1-15-11-21(16(2)25(15)13-20-5-4-10-29-20)23(28)30-14-22(27)19-8-6-18(7-9-19)12-24-17(3)26/h4-11H,12-14H2,1-3H3,(H,24,26). The molecule has 0 unspecified atom stereocenters. The van der Waals surface area contributed by atoms with E-state index in [4.69, 9.17) is 9.15 Å². The maximum atomic E-state index is 12.5. The lowest BCUT2D eigenvalue weighted by molar-refractivity contribution is -0.119. The summed E-state index contributed by atoms with van der Waals surface area (Å²) in [6.07, 6.45) is 1.61. The average molecular weight is 408 g/mol. The number of amides is 1. The molecule has 0 fully saturated rings. The van der Waals surface area contributed by atoms with Gasteiger partial charge in [0.15, 0.2) is 12.4 Å². The van der Waals surface area contributed by atoms with Gasteiger partial charge in [0.1, 0.15) is 5.76 Å². The Morgan fingerprint density at radius 1 is 1.10 bits per heavy atom. The molecule has 1 amide bonds. The van der Waals surface area contributed by atoms with Gasteiger partial charge in [-0.25, -0.2) is 4.79 Å². The van der Waals surface area contributed by atoms with Crippen LogP contribution in [0.25, 0.3) is 0 Å². The summed E-state index contributed by atoms with van der Waals surface area (Å²) in [6, 6.07) is 12.3. The van der Waals surface area contributed by atoms with Crippen molar-refractivity contribution in [3.63, 3.8) is 0 Å². The fourth-order valence-corrected chi connectivity index (χ4v) is 3.14. The average Bonchev–Trinajstić information content (AvgIpc) is 3.34. The maximum Gasteiger partial charge on any atom is 0.340 e. The van der Waals surface area contributed by atoms with Crippen LogP contribution in [-0.4, -0.2) is 28.8 Å². The van der Waals surface area contributed by atoms with Crippen LogP contribution in [0.1, 0.15) is 50.4 Å². The maximum absolute atomic E-state index is 12.5. The zero-order chi connectivity index (χ0) is 21.7. The molecule has 2 heterocycles. The number of aryl methyl sites for hydroxylation is 1. The van der Waals surface area contributed by atoms with E-state index >= 15 is 0 Å². The summed E-state index contributed by atoms with van der Waals surface area (Å²) in [4.78, 5) is 35.8. The predicted molar refractivity (Wildman–Crippen MR) is 110 cm³/mol. The van der Waals surface area contributed by atoms with Crippen LogP contribution in [-0.2, 0) is 22.6 Å². The van der Waals surface area contributed by atoms with Crippen LogP contribution >= 0.6 is 0 Å². The molecule has 156 valence electrons. The third-order valence-electron chi connectivity index (χ3n) is 4.84. The summed E-state index contributed by atoms with van der Waals surface area (Å²) < 4.78 is 12.6. The lowest BCUT2D eigenvalue weighted by Crippen LogP contribution is -2.19. The Morgan fingerprint density at radius 2 is 1.83 bits per heavy atom. The zero-order valence-electron chi connectivity index (χ0n) is 17.2. The van der Waals surface area contributed by atoms with Crippen LogP contribution in [0.4, 0.5) is 0 Å². The van der Waals surface area contributed by atoms with Crippen LogP contribution in [0.5, 0.6) is 0 Å². The van der Waals surface area contributed by atoms with Crippen molar-refractivity contribution >= 4 is 17.7 Å². The van der Waals surface area contributed by atoms with Crippen LogP contribution in [0.2, 0.25) is 0 Å². The Balaban J connectivity index is 1.60. The fraction of sp³-hybridized carbons (Fsp3) is 0.261. The fourth-order valence-electron chi connectivity index (χ4n) is 3.14. The Morgan fingerprint density at radius 3 is 2.47 bits per heavy atom. The number of carbonyl (C=O) groups excluding carboxylic acids is 3. The van der Waals surface area contributed by atoms with Crippen molar-refractivity contribution in [2.45, 2.75) is 33.9 Å². The van der Waals surface area contributed by atoms with Crippen LogP contribution in [0.3, 0.4) is 0 Å². The summed E-state index contributed by atoms with van der Waals surface area (Å²) in [5.41, 5.74) is 3.40. The molecule has 1 N–H and O–H groups in total. The van der Waals surface area contributed by atoms with Gasteiger partial charge in [-0.3, -0.25) is 9.59 Å². The molecule has 0 saturated heterocycles. The molecule has 0 radical (unpaired) electrons. The summed E-state index contributed by atoms with van der Waals surface area (Å²) in [7, 11) is 0. The highest BCUT2D eigenvalue weighted by molar-refractivity contribution is 5.99. The Hall–Kier alpha value is -3.61. The molecule has 2 aromatic heterocycles. The van der Waals surface area contributed by atoms with Gasteiger partial charge in [-0.1, -0.05) is 24.3 Å². The topological polar surface area (TPSA) is 90.5 Å². The van der Waals surface area contributed by atoms with Crippen molar-refractivity contribution in [3.05, 3.63) is 82.6 Å². The molecule has 3 aromatic rings. The summed E-state index contributed by atoms with van der Waals surface area (Å²) >= 11 is 0. The first-order chi connectivity index (χ1) is 14.3. The molecule has 0 aliphatic carbocycles. The number of rotatable bonds is 8. The van der Waals surface area contributed by atoms with Crippen molar-refractivity contribution < 1.29 is 23.5 Å². The molecule has 7 heteroatoms.